The van der Waals surface area contributed by atoms with Crippen LogP contribution in [-0.4, -0.2) is 25.1 Å². The van der Waals surface area contributed by atoms with E-state index >= 15 is 0 Å². The number of terminal acetylenes is 1. The number of hydrogen-bond acceptors (Lipinski definition) is 3. The lowest BCUT2D eigenvalue weighted by Gasteiger charge is -2.21. The minimum atomic E-state index is 0.571. The molecule has 1 aromatic heterocycles. The van der Waals surface area contributed by atoms with E-state index in [1.807, 2.05) is 19.2 Å². The summed E-state index contributed by atoms with van der Waals surface area (Å²) in [6.45, 7) is 4.25. The maximum atomic E-state index is 6.07. The smallest absolute Gasteiger partial charge is 0.129 e. The molecule has 0 atom stereocenters. The number of halogens is 1. The van der Waals surface area contributed by atoms with E-state index in [9.17, 15) is 0 Å². The molecule has 1 heterocycles. The summed E-state index contributed by atoms with van der Waals surface area (Å²) in [6, 6.07) is 3.78. The van der Waals surface area contributed by atoms with Crippen molar-refractivity contribution in [2.75, 3.05) is 25.0 Å². The van der Waals surface area contributed by atoms with Gasteiger partial charge in [-0.25, -0.2) is 4.98 Å². The Morgan fingerprint density at radius 3 is 2.88 bits per heavy atom. The van der Waals surface area contributed by atoms with Crippen molar-refractivity contribution in [3.05, 3.63) is 22.8 Å². The van der Waals surface area contributed by atoms with Gasteiger partial charge in [-0.3, -0.25) is 0 Å². The van der Waals surface area contributed by atoms with Crippen molar-refractivity contribution in [2.45, 2.75) is 19.9 Å². The average molecular weight is 252 g/mol. The third-order valence-corrected chi connectivity index (χ3v) is 2.69. The van der Waals surface area contributed by atoms with Crippen LogP contribution < -0.4 is 10.2 Å². The van der Waals surface area contributed by atoms with Gasteiger partial charge in [0.25, 0.3) is 0 Å². The molecule has 0 spiro atoms. The molecule has 0 unspecified atom stereocenters. The van der Waals surface area contributed by atoms with E-state index in [-0.39, 0.29) is 0 Å². The molecule has 0 radical (unpaired) electrons. The molecule has 0 aromatic carbocycles. The number of hydrogen-bond donors (Lipinski definition) is 1. The third-order valence-electron chi connectivity index (χ3n) is 2.35. The first-order valence-electron chi connectivity index (χ1n) is 5.71. The number of aromatic nitrogens is 1. The van der Waals surface area contributed by atoms with Gasteiger partial charge in [-0.1, -0.05) is 24.4 Å². The molecule has 0 aliphatic carbocycles. The molecular formula is C13H18ClN3. The Bertz CT molecular complexity index is 398. The maximum Gasteiger partial charge on any atom is 0.129 e. The molecule has 0 fully saturated rings. The van der Waals surface area contributed by atoms with Crippen LogP contribution in [0.2, 0.25) is 5.02 Å². The van der Waals surface area contributed by atoms with Gasteiger partial charge < -0.3 is 10.2 Å². The van der Waals surface area contributed by atoms with Crippen LogP contribution in [0.1, 0.15) is 19.0 Å². The van der Waals surface area contributed by atoms with Gasteiger partial charge in [0.2, 0.25) is 0 Å². The van der Waals surface area contributed by atoms with Crippen LogP contribution in [0, 0.1) is 12.3 Å². The molecule has 1 rings (SSSR count). The van der Waals surface area contributed by atoms with E-state index in [0.717, 1.165) is 24.5 Å². The van der Waals surface area contributed by atoms with Crippen molar-refractivity contribution < 1.29 is 0 Å². The van der Waals surface area contributed by atoms with Crippen molar-refractivity contribution in [3.63, 3.8) is 0 Å². The highest BCUT2D eigenvalue weighted by molar-refractivity contribution is 6.31. The van der Waals surface area contributed by atoms with Crippen LogP contribution in [-0.2, 0) is 6.54 Å². The predicted molar refractivity (Wildman–Crippen MR) is 73.3 cm³/mol. The van der Waals surface area contributed by atoms with Gasteiger partial charge in [-0.2, -0.15) is 0 Å². The van der Waals surface area contributed by atoms with Crippen LogP contribution in [0.15, 0.2) is 12.1 Å². The Kier molecular flexibility index (Phi) is 5.82. The first-order valence-corrected chi connectivity index (χ1v) is 6.09. The minimum absolute atomic E-state index is 0.571. The van der Waals surface area contributed by atoms with E-state index in [1.165, 1.54) is 0 Å². The maximum absolute atomic E-state index is 6.07. The lowest BCUT2D eigenvalue weighted by molar-refractivity contribution is 0.770. The molecule has 0 amide bonds. The Morgan fingerprint density at radius 2 is 2.29 bits per heavy atom. The lowest BCUT2D eigenvalue weighted by Crippen LogP contribution is -2.25. The summed E-state index contributed by atoms with van der Waals surface area (Å²) in [7, 11) is 1.87. The number of rotatable bonds is 6. The zero-order valence-corrected chi connectivity index (χ0v) is 11.1. The van der Waals surface area contributed by atoms with E-state index in [2.05, 4.69) is 28.0 Å². The molecule has 4 heteroatoms. The summed E-state index contributed by atoms with van der Waals surface area (Å²) in [6.07, 6.45) is 6.40. The Morgan fingerprint density at radius 1 is 1.53 bits per heavy atom. The number of nitrogens with one attached hydrogen (secondary N) is 1. The fourth-order valence-electron chi connectivity index (χ4n) is 1.60. The Labute approximate surface area is 108 Å². The number of nitrogens with zero attached hydrogens (tertiary/aromatic N) is 2. The van der Waals surface area contributed by atoms with Gasteiger partial charge in [0.1, 0.15) is 5.82 Å². The SMILES string of the molecule is C#CCN(CCC)c1ccc(Cl)c(CNC)n1. The van der Waals surface area contributed by atoms with Crippen molar-refractivity contribution in [1.82, 2.24) is 10.3 Å². The van der Waals surface area contributed by atoms with Crippen LogP contribution in [0.25, 0.3) is 0 Å². The second-order valence-electron chi connectivity index (χ2n) is 3.75. The molecule has 0 aliphatic rings. The molecule has 3 nitrogen and oxygen atoms in total. The number of anilines is 1. The minimum Gasteiger partial charge on any atom is -0.345 e. The van der Waals surface area contributed by atoms with E-state index in [0.29, 0.717) is 18.1 Å². The van der Waals surface area contributed by atoms with E-state index < -0.39 is 0 Å². The molecule has 92 valence electrons. The second kappa shape index (κ2) is 7.16. The second-order valence-corrected chi connectivity index (χ2v) is 4.16. The van der Waals surface area contributed by atoms with E-state index in [4.69, 9.17) is 18.0 Å². The van der Waals surface area contributed by atoms with Gasteiger partial charge in [0.15, 0.2) is 0 Å². The summed E-state index contributed by atoms with van der Waals surface area (Å²) in [5, 5.41) is 3.73. The van der Waals surface area contributed by atoms with Gasteiger partial charge in [-0.15, -0.1) is 6.42 Å². The molecule has 0 saturated heterocycles. The molecule has 0 bridgehead atoms. The van der Waals surface area contributed by atoms with Crippen LogP contribution in [0.5, 0.6) is 0 Å². The molecule has 0 aliphatic heterocycles. The number of pyridine rings is 1. The molecule has 1 N–H and O–H groups in total. The fourth-order valence-corrected chi connectivity index (χ4v) is 1.77. The predicted octanol–water partition coefficient (Wildman–Crippen LogP) is 2.30. The summed E-state index contributed by atoms with van der Waals surface area (Å²) < 4.78 is 0. The largest absolute Gasteiger partial charge is 0.345 e. The molecular weight excluding hydrogens is 234 g/mol. The summed E-state index contributed by atoms with van der Waals surface area (Å²) in [5.41, 5.74) is 0.852. The zero-order valence-electron chi connectivity index (χ0n) is 10.3. The van der Waals surface area contributed by atoms with Crippen LogP contribution in [0.4, 0.5) is 5.82 Å². The first kappa shape index (κ1) is 13.8. The van der Waals surface area contributed by atoms with E-state index in [1.54, 1.807) is 0 Å². The van der Waals surface area contributed by atoms with Crippen molar-refractivity contribution in [2.24, 2.45) is 0 Å². The highest BCUT2D eigenvalue weighted by Crippen LogP contribution is 2.19. The van der Waals surface area contributed by atoms with Gasteiger partial charge in [0.05, 0.1) is 17.3 Å². The first-order chi connectivity index (χ1) is 8.22. The summed E-state index contributed by atoms with van der Waals surface area (Å²) in [4.78, 5) is 6.61. The zero-order chi connectivity index (χ0) is 12.7. The fraction of sp³-hybridized carbons (Fsp3) is 0.462. The van der Waals surface area contributed by atoms with Crippen molar-refractivity contribution >= 4 is 17.4 Å². The van der Waals surface area contributed by atoms with Gasteiger partial charge in [0, 0.05) is 13.1 Å². The molecule has 1 aromatic rings. The van der Waals surface area contributed by atoms with Gasteiger partial charge in [-0.05, 0) is 25.6 Å². The molecule has 17 heavy (non-hydrogen) atoms. The monoisotopic (exact) mass is 251 g/mol. The Balaban J connectivity index is 2.95. The highest BCUT2D eigenvalue weighted by atomic mass is 35.5. The summed E-state index contributed by atoms with van der Waals surface area (Å²) >= 11 is 6.07. The quantitative estimate of drug-likeness (QED) is 0.787. The topological polar surface area (TPSA) is 28.2 Å². The summed E-state index contributed by atoms with van der Waals surface area (Å²) in [5.74, 6) is 3.54. The normalized spacial score (nSPS) is 10.0. The van der Waals surface area contributed by atoms with Crippen LogP contribution >= 0.6 is 11.6 Å². The third kappa shape index (κ3) is 3.92. The van der Waals surface area contributed by atoms with Crippen molar-refractivity contribution in [1.29, 1.82) is 0 Å². The van der Waals surface area contributed by atoms with Crippen molar-refractivity contribution in [3.8, 4) is 12.3 Å². The van der Waals surface area contributed by atoms with Crippen LogP contribution in [0.3, 0.4) is 0 Å². The lowest BCUT2D eigenvalue weighted by atomic mass is 10.3. The molecule has 0 saturated carbocycles. The standard InChI is InChI=1S/C13H18ClN3/c1-4-8-17(9-5-2)13-7-6-11(14)12(16-13)10-15-3/h1,6-7,15H,5,8-10H2,2-3H3. The van der Waals surface area contributed by atoms with Gasteiger partial charge >= 0.3 is 0 Å². The Hall–Kier alpha value is -1.24. The average Bonchev–Trinajstić information content (AvgIpc) is 2.32. The highest BCUT2D eigenvalue weighted by Gasteiger charge is 2.08.